The third kappa shape index (κ3) is 7.29. The van der Waals surface area contributed by atoms with Gasteiger partial charge in [0.15, 0.2) is 0 Å². The van der Waals surface area contributed by atoms with E-state index in [0.717, 1.165) is 25.0 Å². The van der Waals surface area contributed by atoms with E-state index >= 15 is 0 Å². The van der Waals surface area contributed by atoms with E-state index in [1.807, 2.05) is 6.07 Å². The summed E-state index contributed by atoms with van der Waals surface area (Å²) in [4.78, 5) is 15.0. The molecule has 0 heterocycles. The van der Waals surface area contributed by atoms with E-state index < -0.39 is 5.97 Å². The summed E-state index contributed by atoms with van der Waals surface area (Å²) in [6.07, 6.45) is 3.87. The fraction of sp³-hybridized carbons (Fsp3) is 0.700. The van der Waals surface area contributed by atoms with Gasteiger partial charge in [-0.05, 0) is 12.8 Å². The zero-order chi connectivity index (χ0) is 10.8. The van der Waals surface area contributed by atoms with Gasteiger partial charge < -0.3 is 4.84 Å². The van der Waals surface area contributed by atoms with Crippen LogP contribution in [0, 0.1) is 11.3 Å². The van der Waals surface area contributed by atoms with Gasteiger partial charge in [-0.2, -0.15) is 5.26 Å². The van der Waals surface area contributed by atoms with Gasteiger partial charge in [0.2, 0.25) is 0 Å². The summed E-state index contributed by atoms with van der Waals surface area (Å²) in [6.45, 7) is 3.39. The molecule has 0 aromatic heterocycles. The van der Waals surface area contributed by atoms with Crippen LogP contribution in [0.5, 0.6) is 0 Å². The molecule has 0 saturated heterocycles. The lowest BCUT2D eigenvalue weighted by molar-refractivity contribution is -0.140. The molecule has 14 heavy (non-hydrogen) atoms. The quantitative estimate of drug-likeness (QED) is 0.372. The zero-order valence-corrected chi connectivity index (χ0v) is 8.75. The van der Waals surface area contributed by atoms with Crippen molar-refractivity contribution in [1.82, 2.24) is 0 Å². The lowest BCUT2D eigenvalue weighted by atomic mass is 10.1. The van der Waals surface area contributed by atoms with Crippen molar-refractivity contribution >= 4 is 11.7 Å². The molecule has 0 unspecified atom stereocenters. The van der Waals surface area contributed by atoms with Crippen LogP contribution in [-0.2, 0) is 9.63 Å². The van der Waals surface area contributed by atoms with Gasteiger partial charge in [0.25, 0.3) is 0 Å². The van der Waals surface area contributed by atoms with Gasteiger partial charge in [0.05, 0.1) is 11.8 Å². The molecule has 0 aromatic carbocycles. The van der Waals surface area contributed by atoms with Crippen LogP contribution in [0.2, 0.25) is 0 Å². The first-order valence-electron chi connectivity index (χ1n) is 4.81. The Morgan fingerprint density at radius 2 is 2.21 bits per heavy atom. The van der Waals surface area contributed by atoms with E-state index in [1.165, 1.54) is 6.92 Å². The lowest BCUT2D eigenvalue weighted by Gasteiger charge is -2.01. The van der Waals surface area contributed by atoms with E-state index in [2.05, 4.69) is 16.9 Å². The van der Waals surface area contributed by atoms with Crippen molar-refractivity contribution < 1.29 is 9.63 Å². The van der Waals surface area contributed by atoms with Crippen LogP contribution >= 0.6 is 0 Å². The zero-order valence-electron chi connectivity index (χ0n) is 8.75. The Balaban J connectivity index is 4.02. The van der Waals surface area contributed by atoms with Crippen LogP contribution in [0.15, 0.2) is 5.16 Å². The van der Waals surface area contributed by atoms with Crippen molar-refractivity contribution in [3.05, 3.63) is 0 Å². The first kappa shape index (κ1) is 12.6. The second kappa shape index (κ2) is 8.24. The van der Waals surface area contributed by atoms with E-state index in [4.69, 9.17) is 5.26 Å². The van der Waals surface area contributed by atoms with Crippen LogP contribution in [-0.4, -0.2) is 11.7 Å². The predicted molar refractivity (Wildman–Crippen MR) is 53.6 cm³/mol. The molecule has 0 radical (unpaired) electrons. The van der Waals surface area contributed by atoms with Crippen LogP contribution in [0.1, 0.15) is 46.0 Å². The third-order valence-corrected chi connectivity index (χ3v) is 1.65. The summed E-state index contributed by atoms with van der Waals surface area (Å²) in [6, 6.07) is 2.04. The minimum absolute atomic E-state index is 0.420. The molecule has 0 aliphatic rings. The molecule has 4 heteroatoms. The van der Waals surface area contributed by atoms with Crippen molar-refractivity contribution in [2.45, 2.75) is 46.0 Å². The monoisotopic (exact) mass is 196 g/mol. The van der Waals surface area contributed by atoms with Gasteiger partial charge in [-0.25, -0.2) is 4.79 Å². The van der Waals surface area contributed by atoms with Crippen molar-refractivity contribution in [1.29, 1.82) is 5.26 Å². The summed E-state index contributed by atoms with van der Waals surface area (Å²) >= 11 is 0. The Hall–Kier alpha value is -1.37. The largest absolute Gasteiger partial charge is 0.331 e. The molecule has 0 N–H and O–H groups in total. The summed E-state index contributed by atoms with van der Waals surface area (Å²) in [5.74, 6) is -0.420. The molecule has 0 aliphatic heterocycles. The van der Waals surface area contributed by atoms with Gasteiger partial charge in [0, 0.05) is 19.8 Å². The Labute approximate surface area is 84.5 Å². The molecule has 4 nitrogen and oxygen atoms in total. The maximum Gasteiger partial charge on any atom is 0.331 e. The number of carbonyl (C=O) groups is 1. The fourth-order valence-corrected chi connectivity index (χ4v) is 0.926. The molecular formula is C10H16N2O2. The Morgan fingerprint density at radius 1 is 1.50 bits per heavy atom. The molecule has 0 aliphatic carbocycles. The van der Waals surface area contributed by atoms with Crippen LogP contribution < -0.4 is 0 Å². The summed E-state index contributed by atoms with van der Waals surface area (Å²) in [7, 11) is 0. The number of hydrogen-bond acceptors (Lipinski definition) is 4. The molecule has 0 bridgehead atoms. The number of rotatable bonds is 6. The Bertz CT molecular complexity index is 241. The lowest BCUT2D eigenvalue weighted by Crippen LogP contribution is -2.02. The van der Waals surface area contributed by atoms with Gasteiger partial charge in [-0.3, -0.25) is 0 Å². The summed E-state index contributed by atoms with van der Waals surface area (Å²) in [5, 5.41) is 12.1. The van der Waals surface area contributed by atoms with Crippen molar-refractivity contribution in [2.24, 2.45) is 5.16 Å². The normalized spacial score (nSPS) is 10.8. The van der Waals surface area contributed by atoms with Gasteiger partial charge in [-0.15, -0.1) is 0 Å². The maximum absolute atomic E-state index is 10.5. The highest BCUT2D eigenvalue weighted by Crippen LogP contribution is 2.03. The highest BCUT2D eigenvalue weighted by molar-refractivity contribution is 5.84. The molecule has 0 saturated carbocycles. The Kier molecular flexibility index (Phi) is 7.43. The number of carbonyl (C=O) groups excluding carboxylic acids is 1. The second-order valence-corrected chi connectivity index (χ2v) is 3.00. The SMILES string of the molecule is CCCCC(CCC#N)=NOC(C)=O. The van der Waals surface area contributed by atoms with Crippen LogP contribution in [0.25, 0.3) is 0 Å². The minimum Gasteiger partial charge on any atom is -0.319 e. The van der Waals surface area contributed by atoms with E-state index in [0.29, 0.717) is 12.8 Å². The number of nitrogens with zero attached hydrogens (tertiary/aromatic N) is 2. The maximum atomic E-state index is 10.5. The molecule has 0 amide bonds. The predicted octanol–water partition coefficient (Wildman–Crippen LogP) is 2.40. The van der Waals surface area contributed by atoms with Crippen LogP contribution in [0.4, 0.5) is 0 Å². The van der Waals surface area contributed by atoms with Crippen molar-refractivity contribution in [2.75, 3.05) is 0 Å². The van der Waals surface area contributed by atoms with E-state index in [9.17, 15) is 4.79 Å². The smallest absolute Gasteiger partial charge is 0.319 e. The molecule has 0 fully saturated rings. The summed E-state index contributed by atoms with van der Waals surface area (Å²) < 4.78 is 0. The summed E-state index contributed by atoms with van der Waals surface area (Å²) in [5.41, 5.74) is 0.795. The third-order valence-electron chi connectivity index (χ3n) is 1.65. The van der Waals surface area contributed by atoms with E-state index in [1.54, 1.807) is 0 Å². The number of unbranched alkanes of at least 4 members (excludes halogenated alkanes) is 1. The average molecular weight is 196 g/mol. The fourth-order valence-electron chi connectivity index (χ4n) is 0.926. The van der Waals surface area contributed by atoms with Crippen LogP contribution in [0.3, 0.4) is 0 Å². The average Bonchev–Trinajstić information content (AvgIpc) is 2.16. The molecule has 0 atom stereocenters. The van der Waals surface area contributed by atoms with Gasteiger partial charge >= 0.3 is 5.97 Å². The molecule has 0 rings (SSSR count). The number of hydrogen-bond donors (Lipinski definition) is 0. The number of oxime groups is 1. The minimum atomic E-state index is -0.420. The molecule has 0 aromatic rings. The molecule has 78 valence electrons. The van der Waals surface area contributed by atoms with Crippen molar-refractivity contribution in [3.63, 3.8) is 0 Å². The topological polar surface area (TPSA) is 62.4 Å². The highest BCUT2D eigenvalue weighted by atomic mass is 16.7. The van der Waals surface area contributed by atoms with E-state index in [-0.39, 0.29) is 0 Å². The number of nitriles is 1. The second-order valence-electron chi connectivity index (χ2n) is 3.00. The first-order chi connectivity index (χ1) is 6.70. The molecule has 0 spiro atoms. The first-order valence-corrected chi connectivity index (χ1v) is 4.81. The van der Waals surface area contributed by atoms with Gasteiger partial charge in [-0.1, -0.05) is 18.5 Å². The standard InChI is InChI=1S/C10H16N2O2/c1-3-4-6-10(7-5-8-11)12-14-9(2)13/h3-7H2,1-2H3. The van der Waals surface area contributed by atoms with Gasteiger partial charge in [0.1, 0.15) is 0 Å². The Morgan fingerprint density at radius 3 is 2.71 bits per heavy atom. The molecular weight excluding hydrogens is 180 g/mol. The highest BCUT2D eigenvalue weighted by Gasteiger charge is 2.01. The van der Waals surface area contributed by atoms with Crippen molar-refractivity contribution in [3.8, 4) is 6.07 Å².